The highest BCUT2D eigenvalue weighted by molar-refractivity contribution is 9.11. The second kappa shape index (κ2) is 5.49. The first-order valence-electron chi connectivity index (χ1n) is 5.08. The molecule has 1 heterocycles. The van der Waals surface area contributed by atoms with Gasteiger partial charge in [-0.25, -0.2) is 4.39 Å². The number of phenols is 1. The Kier molecular flexibility index (Phi) is 3.98. The third-order valence-electron chi connectivity index (χ3n) is 2.27. The van der Waals surface area contributed by atoms with E-state index < -0.39 is 17.5 Å². The van der Waals surface area contributed by atoms with Gasteiger partial charge in [0.05, 0.1) is 15.9 Å². The summed E-state index contributed by atoms with van der Waals surface area (Å²) in [4.78, 5) is 12.7. The Morgan fingerprint density at radius 2 is 2.17 bits per heavy atom. The maximum Gasteiger partial charge on any atom is 0.254 e. The topological polar surface area (TPSA) is 49.3 Å². The molecule has 6 heteroatoms. The van der Waals surface area contributed by atoms with Crippen LogP contribution in [0.15, 0.2) is 34.1 Å². The molecule has 0 aliphatic carbocycles. The van der Waals surface area contributed by atoms with Crippen molar-refractivity contribution in [1.29, 1.82) is 0 Å². The molecule has 0 spiro atoms. The number of benzene rings is 1. The summed E-state index contributed by atoms with van der Waals surface area (Å²) in [5.74, 6) is -1.98. The minimum Gasteiger partial charge on any atom is -0.505 e. The molecule has 0 aliphatic heterocycles. The lowest BCUT2D eigenvalue weighted by atomic mass is 10.2. The lowest BCUT2D eigenvalue weighted by Crippen LogP contribution is -2.23. The van der Waals surface area contributed by atoms with E-state index in [1.807, 2.05) is 12.1 Å². The van der Waals surface area contributed by atoms with Gasteiger partial charge in [-0.2, -0.15) is 0 Å². The van der Waals surface area contributed by atoms with Crippen LogP contribution < -0.4 is 5.32 Å². The van der Waals surface area contributed by atoms with Crippen molar-refractivity contribution in [3.63, 3.8) is 0 Å². The average molecular weight is 330 g/mol. The van der Waals surface area contributed by atoms with Crippen molar-refractivity contribution in [3.05, 3.63) is 50.4 Å². The van der Waals surface area contributed by atoms with E-state index in [1.54, 1.807) is 0 Å². The zero-order chi connectivity index (χ0) is 13.1. The summed E-state index contributed by atoms with van der Waals surface area (Å²) >= 11 is 4.81. The van der Waals surface area contributed by atoms with Crippen LogP contribution in [0.4, 0.5) is 4.39 Å². The summed E-state index contributed by atoms with van der Waals surface area (Å²) in [6.07, 6.45) is 0. The van der Waals surface area contributed by atoms with Crippen LogP contribution in [0.3, 0.4) is 0 Å². The predicted octanol–water partition coefficient (Wildman–Crippen LogP) is 3.29. The second-order valence-corrected chi connectivity index (χ2v) is 6.07. The van der Waals surface area contributed by atoms with E-state index in [-0.39, 0.29) is 5.56 Å². The molecule has 0 aliphatic rings. The molecule has 1 aromatic carbocycles. The van der Waals surface area contributed by atoms with E-state index in [2.05, 4.69) is 21.2 Å². The van der Waals surface area contributed by atoms with Crippen molar-refractivity contribution < 1.29 is 14.3 Å². The van der Waals surface area contributed by atoms with Crippen LogP contribution in [0.5, 0.6) is 5.75 Å². The van der Waals surface area contributed by atoms with E-state index in [0.29, 0.717) is 6.54 Å². The van der Waals surface area contributed by atoms with Crippen LogP contribution in [0, 0.1) is 5.82 Å². The van der Waals surface area contributed by atoms with Crippen molar-refractivity contribution in [1.82, 2.24) is 5.32 Å². The maximum absolute atomic E-state index is 13.5. The fourth-order valence-electron chi connectivity index (χ4n) is 1.40. The Bertz CT molecular complexity index is 585. The first-order chi connectivity index (χ1) is 8.58. The molecule has 0 radical (unpaired) electrons. The van der Waals surface area contributed by atoms with E-state index in [4.69, 9.17) is 0 Å². The van der Waals surface area contributed by atoms with Gasteiger partial charge in [-0.1, -0.05) is 6.07 Å². The third kappa shape index (κ3) is 2.88. The number of hydrogen-bond donors (Lipinski definition) is 2. The molecule has 0 saturated heterocycles. The van der Waals surface area contributed by atoms with E-state index in [0.717, 1.165) is 8.66 Å². The zero-order valence-electron chi connectivity index (χ0n) is 9.11. The van der Waals surface area contributed by atoms with Crippen molar-refractivity contribution in [2.75, 3.05) is 0 Å². The summed E-state index contributed by atoms with van der Waals surface area (Å²) in [5, 5.41) is 11.8. The largest absolute Gasteiger partial charge is 0.505 e. The summed E-state index contributed by atoms with van der Waals surface area (Å²) in [6.45, 7) is 0.324. The van der Waals surface area contributed by atoms with Gasteiger partial charge >= 0.3 is 0 Å². The standard InChI is InChI=1S/C12H9BrFNO2S/c13-10-5-4-7(18-10)6-15-12(17)8-2-1-3-9(16)11(8)14/h1-5,16H,6H2,(H,15,17). The quantitative estimate of drug-likeness (QED) is 0.907. The molecule has 1 aromatic heterocycles. The smallest absolute Gasteiger partial charge is 0.254 e. The van der Waals surface area contributed by atoms with E-state index >= 15 is 0 Å². The van der Waals surface area contributed by atoms with Crippen LogP contribution in [0.2, 0.25) is 0 Å². The molecule has 0 saturated carbocycles. The summed E-state index contributed by atoms with van der Waals surface area (Å²) in [6, 6.07) is 7.70. The van der Waals surface area contributed by atoms with Crippen molar-refractivity contribution in [2.45, 2.75) is 6.54 Å². The van der Waals surface area contributed by atoms with Crippen molar-refractivity contribution in [3.8, 4) is 5.75 Å². The van der Waals surface area contributed by atoms with Gasteiger partial charge in [0.15, 0.2) is 11.6 Å². The van der Waals surface area contributed by atoms with Gasteiger partial charge in [-0.05, 0) is 40.2 Å². The Morgan fingerprint density at radius 3 is 2.83 bits per heavy atom. The number of aromatic hydroxyl groups is 1. The van der Waals surface area contributed by atoms with Crippen molar-refractivity contribution >= 4 is 33.2 Å². The molecule has 2 aromatic rings. The van der Waals surface area contributed by atoms with Gasteiger partial charge in [0.1, 0.15) is 0 Å². The maximum atomic E-state index is 13.5. The second-order valence-electron chi connectivity index (χ2n) is 3.53. The molecule has 1 amide bonds. The number of rotatable bonds is 3. The number of hydrogen-bond acceptors (Lipinski definition) is 3. The molecule has 0 bridgehead atoms. The van der Waals surface area contributed by atoms with E-state index in [1.165, 1.54) is 29.5 Å². The fraction of sp³-hybridized carbons (Fsp3) is 0.0833. The number of amides is 1. The summed E-state index contributed by atoms with van der Waals surface area (Å²) in [7, 11) is 0. The van der Waals surface area contributed by atoms with Crippen LogP contribution in [0.1, 0.15) is 15.2 Å². The van der Waals surface area contributed by atoms with Crippen LogP contribution in [-0.4, -0.2) is 11.0 Å². The number of carbonyl (C=O) groups is 1. The minimum atomic E-state index is -0.901. The number of nitrogens with one attached hydrogen (secondary N) is 1. The first kappa shape index (κ1) is 13.0. The summed E-state index contributed by atoms with van der Waals surface area (Å²) < 4.78 is 14.4. The Balaban J connectivity index is 2.06. The molecular weight excluding hydrogens is 321 g/mol. The highest BCUT2D eigenvalue weighted by atomic mass is 79.9. The highest BCUT2D eigenvalue weighted by Crippen LogP contribution is 2.22. The normalized spacial score (nSPS) is 10.3. The van der Waals surface area contributed by atoms with Crippen LogP contribution >= 0.6 is 27.3 Å². The summed E-state index contributed by atoms with van der Waals surface area (Å²) in [5.41, 5.74) is -0.161. The van der Waals surface area contributed by atoms with Gasteiger partial charge in [0.2, 0.25) is 0 Å². The first-order valence-corrected chi connectivity index (χ1v) is 6.69. The predicted molar refractivity (Wildman–Crippen MR) is 71.3 cm³/mol. The van der Waals surface area contributed by atoms with Gasteiger partial charge < -0.3 is 10.4 Å². The third-order valence-corrected chi connectivity index (χ3v) is 3.90. The lowest BCUT2D eigenvalue weighted by Gasteiger charge is -2.05. The minimum absolute atomic E-state index is 0.161. The van der Waals surface area contributed by atoms with Gasteiger partial charge in [0, 0.05) is 4.88 Å². The molecule has 0 unspecified atom stereocenters. The zero-order valence-corrected chi connectivity index (χ0v) is 11.5. The molecule has 0 fully saturated rings. The van der Waals surface area contributed by atoms with E-state index in [9.17, 15) is 14.3 Å². The van der Waals surface area contributed by atoms with Crippen LogP contribution in [-0.2, 0) is 6.54 Å². The monoisotopic (exact) mass is 329 g/mol. The number of phenolic OH excluding ortho intramolecular Hbond substituents is 1. The SMILES string of the molecule is O=C(NCc1ccc(Br)s1)c1cccc(O)c1F. The van der Waals surface area contributed by atoms with Crippen LogP contribution in [0.25, 0.3) is 0 Å². The number of thiophene rings is 1. The Morgan fingerprint density at radius 1 is 1.39 bits per heavy atom. The molecule has 2 N–H and O–H groups in total. The van der Waals surface area contributed by atoms with Gasteiger partial charge in [0.25, 0.3) is 5.91 Å². The Labute approximate surface area is 115 Å². The number of halogens is 2. The van der Waals surface area contributed by atoms with Crippen molar-refractivity contribution in [2.24, 2.45) is 0 Å². The highest BCUT2D eigenvalue weighted by Gasteiger charge is 2.14. The average Bonchev–Trinajstić information content (AvgIpc) is 2.76. The molecule has 0 atom stereocenters. The fourth-order valence-corrected chi connectivity index (χ4v) is 2.83. The molecule has 2 rings (SSSR count). The molecular formula is C12H9BrFNO2S. The van der Waals surface area contributed by atoms with Gasteiger partial charge in [-0.3, -0.25) is 4.79 Å². The van der Waals surface area contributed by atoms with Gasteiger partial charge in [-0.15, -0.1) is 11.3 Å². The molecule has 3 nitrogen and oxygen atoms in total. The molecule has 18 heavy (non-hydrogen) atoms. The Hall–Kier alpha value is -1.40. The lowest BCUT2D eigenvalue weighted by molar-refractivity contribution is 0.0946. The number of carbonyl (C=O) groups excluding carboxylic acids is 1. The molecule has 94 valence electrons.